The number of hydrogen-bond donors (Lipinski definition) is 2. The SMILES string of the molecule is Cc1ccc2nc(CN3CCN(CC=Cc4ccccc4)CC3)cn2c1.O=C(O)C(=O)O. The third kappa shape index (κ3) is 7.04. The smallest absolute Gasteiger partial charge is 0.414 e. The zero-order valence-electron chi connectivity index (χ0n) is 18.1. The summed E-state index contributed by atoms with van der Waals surface area (Å²) in [6.45, 7) is 8.52. The standard InChI is InChI=1S/C22H26N4.C2H2O4/c1-19-9-10-22-23-21(18-26(22)16-19)17-25-14-12-24(13-15-25)11-5-8-20-6-3-2-4-7-20;3-1(4)2(5)6/h2-10,16,18H,11-15,17H2,1H3;(H,3,4)(H,5,6). The van der Waals surface area contributed by atoms with E-state index in [0.717, 1.165) is 50.6 Å². The number of rotatable bonds is 5. The molecule has 2 N–H and O–H groups in total. The summed E-state index contributed by atoms with van der Waals surface area (Å²) in [5.41, 5.74) is 4.73. The molecule has 0 spiro atoms. The number of aliphatic carboxylic acids is 2. The number of imidazole rings is 1. The van der Waals surface area contributed by atoms with Crippen LogP contribution < -0.4 is 0 Å². The molecule has 32 heavy (non-hydrogen) atoms. The molecule has 1 aliphatic rings. The highest BCUT2D eigenvalue weighted by molar-refractivity contribution is 6.27. The number of piperazine rings is 1. The average Bonchev–Trinajstić information content (AvgIpc) is 3.17. The maximum atomic E-state index is 9.10. The van der Waals surface area contributed by atoms with Crippen molar-refractivity contribution >= 4 is 23.7 Å². The molecule has 0 atom stereocenters. The van der Waals surface area contributed by atoms with E-state index in [1.165, 1.54) is 11.1 Å². The Kier molecular flexibility index (Phi) is 8.13. The van der Waals surface area contributed by atoms with Gasteiger partial charge in [-0.15, -0.1) is 0 Å². The molecule has 0 unspecified atom stereocenters. The fraction of sp³-hybridized carbons (Fsp3) is 0.292. The van der Waals surface area contributed by atoms with Crippen LogP contribution in [-0.2, 0) is 16.1 Å². The number of carboxylic acid groups (broad SMARTS) is 2. The van der Waals surface area contributed by atoms with Crippen molar-refractivity contribution in [3.05, 3.63) is 77.8 Å². The summed E-state index contributed by atoms with van der Waals surface area (Å²) in [5.74, 6) is -3.65. The van der Waals surface area contributed by atoms with Crippen LogP contribution in [0.25, 0.3) is 11.7 Å². The van der Waals surface area contributed by atoms with E-state index in [4.69, 9.17) is 24.8 Å². The van der Waals surface area contributed by atoms with Gasteiger partial charge in [0.2, 0.25) is 0 Å². The fourth-order valence-electron chi connectivity index (χ4n) is 3.49. The molecule has 1 saturated heterocycles. The predicted octanol–water partition coefficient (Wildman–Crippen LogP) is 2.63. The maximum Gasteiger partial charge on any atom is 0.414 e. The zero-order valence-corrected chi connectivity index (χ0v) is 18.1. The first-order valence-electron chi connectivity index (χ1n) is 10.5. The second-order valence-electron chi connectivity index (χ2n) is 7.70. The normalized spacial score (nSPS) is 14.9. The molecule has 0 bridgehead atoms. The molecule has 8 heteroatoms. The maximum absolute atomic E-state index is 9.10. The van der Waals surface area contributed by atoms with Crippen LogP contribution in [0.3, 0.4) is 0 Å². The van der Waals surface area contributed by atoms with Crippen LogP contribution in [0.15, 0.2) is 60.9 Å². The molecule has 2 aromatic heterocycles. The summed E-state index contributed by atoms with van der Waals surface area (Å²) in [4.78, 5) is 28.0. The van der Waals surface area contributed by atoms with Crippen molar-refractivity contribution < 1.29 is 19.8 Å². The van der Waals surface area contributed by atoms with E-state index in [-0.39, 0.29) is 0 Å². The molecule has 168 valence electrons. The third-order valence-corrected chi connectivity index (χ3v) is 5.16. The topological polar surface area (TPSA) is 98.4 Å². The van der Waals surface area contributed by atoms with Gasteiger partial charge < -0.3 is 14.6 Å². The van der Waals surface area contributed by atoms with Gasteiger partial charge in [0, 0.05) is 51.7 Å². The van der Waals surface area contributed by atoms with E-state index in [0.29, 0.717) is 0 Å². The minimum Gasteiger partial charge on any atom is -0.473 e. The molecule has 0 amide bonds. The van der Waals surface area contributed by atoms with Crippen LogP contribution in [0.5, 0.6) is 0 Å². The fourth-order valence-corrected chi connectivity index (χ4v) is 3.49. The quantitative estimate of drug-likeness (QED) is 0.593. The molecule has 4 rings (SSSR count). The molecule has 8 nitrogen and oxygen atoms in total. The Labute approximate surface area is 187 Å². The van der Waals surface area contributed by atoms with Crippen LogP contribution >= 0.6 is 0 Å². The summed E-state index contributed by atoms with van der Waals surface area (Å²) in [5, 5.41) is 14.8. The molecule has 3 aromatic rings. The molecule has 0 radical (unpaired) electrons. The van der Waals surface area contributed by atoms with Crippen molar-refractivity contribution in [1.29, 1.82) is 0 Å². The van der Waals surface area contributed by atoms with Gasteiger partial charge in [-0.05, 0) is 24.1 Å². The van der Waals surface area contributed by atoms with Crippen LogP contribution in [-0.4, -0.2) is 74.1 Å². The Morgan fingerprint density at radius 3 is 2.25 bits per heavy atom. The Morgan fingerprint density at radius 2 is 1.59 bits per heavy atom. The average molecular weight is 437 g/mol. The van der Waals surface area contributed by atoms with Crippen molar-refractivity contribution in [3.8, 4) is 0 Å². The highest BCUT2D eigenvalue weighted by Crippen LogP contribution is 2.11. The predicted molar refractivity (Wildman–Crippen MR) is 122 cm³/mol. The number of aromatic nitrogens is 2. The van der Waals surface area contributed by atoms with Crippen molar-refractivity contribution in [2.24, 2.45) is 0 Å². The molecule has 0 saturated carbocycles. The molecule has 0 aliphatic carbocycles. The number of hydrogen-bond acceptors (Lipinski definition) is 5. The first-order valence-corrected chi connectivity index (χ1v) is 10.5. The van der Waals surface area contributed by atoms with E-state index >= 15 is 0 Å². The van der Waals surface area contributed by atoms with Gasteiger partial charge in [-0.25, -0.2) is 14.6 Å². The van der Waals surface area contributed by atoms with Crippen LogP contribution in [0.4, 0.5) is 0 Å². The Morgan fingerprint density at radius 1 is 0.938 bits per heavy atom. The lowest BCUT2D eigenvalue weighted by atomic mass is 10.2. The highest BCUT2D eigenvalue weighted by atomic mass is 16.4. The van der Waals surface area contributed by atoms with Gasteiger partial charge >= 0.3 is 11.9 Å². The Hall–Kier alpha value is -3.49. The molecule has 1 fully saturated rings. The van der Waals surface area contributed by atoms with Crippen molar-refractivity contribution in [2.75, 3.05) is 32.7 Å². The van der Waals surface area contributed by atoms with Crippen LogP contribution in [0.2, 0.25) is 0 Å². The van der Waals surface area contributed by atoms with Crippen LogP contribution in [0.1, 0.15) is 16.8 Å². The lowest BCUT2D eigenvalue weighted by Crippen LogP contribution is -2.45. The number of carbonyl (C=O) groups is 2. The summed E-state index contributed by atoms with van der Waals surface area (Å²) >= 11 is 0. The summed E-state index contributed by atoms with van der Waals surface area (Å²) < 4.78 is 2.13. The second-order valence-corrected chi connectivity index (χ2v) is 7.70. The zero-order chi connectivity index (χ0) is 22.9. The largest absolute Gasteiger partial charge is 0.473 e. The number of fused-ring (bicyclic) bond motifs is 1. The number of aryl methyl sites for hydroxylation is 1. The van der Waals surface area contributed by atoms with Gasteiger partial charge in [-0.2, -0.15) is 0 Å². The Balaban J connectivity index is 0.000000427. The minimum atomic E-state index is -1.82. The minimum absolute atomic E-state index is 0.939. The van der Waals surface area contributed by atoms with Gasteiger partial charge in [0.1, 0.15) is 5.65 Å². The second kappa shape index (κ2) is 11.2. The van der Waals surface area contributed by atoms with Crippen molar-refractivity contribution in [1.82, 2.24) is 19.2 Å². The molecular weight excluding hydrogens is 408 g/mol. The number of pyridine rings is 1. The van der Waals surface area contributed by atoms with E-state index < -0.39 is 11.9 Å². The van der Waals surface area contributed by atoms with Gasteiger partial charge in [0.05, 0.1) is 5.69 Å². The monoisotopic (exact) mass is 436 g/mol. The van der Waals surface area contributed by atoms with Gasteiger partial charge in [-0.1, -0.05) is 48.6 Å². The first kappa shape index (κ1) is 23.2. The van der Waals surface area contributed by atoms with E-state index in [9.17, 15) is 0 Å². The molecule has 1 aliphatic heterocycles. The lowest BCUT2D eigenvalue weighted by molar-refractivity contribution is -0.159. The van der Waals surface area contributed by atoms with Crippen molar-refractivity contribution in [3.63, 3.8) is 0 Å². The van der Waals surface area contributed by atoms with E-state index in [1.807, 2.05) is 0 Å². The Bertz CT molecular complexity index is 1060. The highest BCUT2D eigenvalue weighted by Gasteiger charge is 2.17. The number of nitrogens with zero attached hydrogens (tertiary/aromatic N) is 4. The molecule has 3 heterocycles. The summed E-state index contributed by atoms with van der Waals surface area (Å²) in [6, 6.07) is 14.7. The molecular formula is C24H28N4O4. The summed E-state index contributed by atoms with van der Waals surface area (Å²) in [7, 11) is 0. The molecule has 1 aromatic carbocycles. The van der Waals surface area contributed by atoms with Gasteiger partial charge in [0.25, 0.3) is 0 Å². The van der Waals surface area contributed by atoms with Crippen molar-refractivity contribution in [2.45, 2.75) is 13.5 Å². The van der Waals surface area contributed by atoms with E-state index in [1.54, 1.807) is 0 Å². The van der Waals surface area contributed by atoms with Gasteiger partial charge in [0.15, 0.2) is 0 Å². The van der Waals surface area contributed by atoms with E-state index in [2.05, 4.69) is 88.1 Å². The third-order valence-electron chi connectivity index (χ3n) is 5.16. The summed E-state index contributed by atoms with van der Waals surface area (Å²) in [6.07, 6.45) is 8.79. The first-order chi connectivity index (χ1) is 15.4. The number of benzene rings is 1. The van der Waals surface area contributed by atoms with Crippen LogP contribution in [0, 0.1) is 6.92 Å². The van der Waals surface area contributed by atoms with Gasteiger partial charge in [-0.3, -0.25) is 9.80 Å². The lowest BCUT2D eigenvalue weighted by Gasteiger charge is -2.33. The number of carboxylic acids is 2.